The second kappa shape index (κ2) is 3.62. The van der Waals surface area contributed by atoms with Gasteiger partial charge in [-0.1, -0.05) is 18.9 Å². The van der Waals surface area contributed by atoms with Crippen LogP contribution in [-0.2, 0) is 16.6 Å². The number of ketones is 1. The van der Waals surface area contributed by atoms with E-state index in [0.29, 0.717) is 30.4 Å². The van der Waals surface area contributed by atoms with Crippen molar-refractivity contribution in [1.82, 2.24) is 0 Å². The summed E-state index contributed by atoms with van der Waals surface area (Å²) in [6.07, 6.45) is 6.17. The van der Waals surface area contributed by atoms with E-state index >= 15 is 0 Å². The Morgan fingerprint density at radius 3 is 2.92 bits per heavy atom. The number of aromatic hydroxyl groups is 1. The molecule has 130 valence electrons. The molecule has 6 aliphatic rings. The summed E-state index contributed by atoms with van der Waals surface area (Å²) < 4.78 is 6.07. The number of carbonyl (C=O) groups is 1. The number of ether oxygens (including phenoxy) is 1. The van der Waals surface area contributed by atoms with Crippen molar-refractivity contribution in [2.45, 2.75) is 62.1 Å². The van der Waals surface area contributed by atoms with Gasteiger partial charge in [-0.3, -0.25) is 4.79 Å². The lowest BCUT2D eigenvalue weighted by Crippen LogP contribution is -2.63. The number of phenolic OH excluding ortho intramolecular Hbond substituents is 1. The van der Waals surface area contributed by atoms with Crippen molar-refractivity contribution in [2.75, 3.05) is 0 Å². The Hall–Kier alpha value is -1.55. The average Bonchev–Trinajstić information content (AvgIpc) is 3.45. The topological polar surface area (TPSA) is 66.8 Å². The van der Waals surface area contributed by atoms with E-state index < -0.39 is 17.1 Å². The maximum atomic E-state index is 12.7. The first kappa shape index (κ1) is 13.6. The standard InChI is InChI=1S/C21H22O4/c22-13-4-3-11-8-19-9-20-15(11)16(13)25-18(20)14(23)5-6-21(20,24)17(19)12(19)7-10-1-2-10/h3-4,10,12,17-18,22,24H,1-2,5-9H2/t12?,17-,18+,19?,20?,21-/m1/s1. The molecule has 1 heterocycles. The molecule has 2 bridgehead atoms. The van der Waals surface area contributed by atoms with Crippen molar-refractivity contribution >= 4 is 5.78 Å². The number of carbonyl (C=O) groups excluding carboxylic acids is 1. The Labute approximate surface area is 146 Å². The fourth-order valence-electron chi connectivity index (χ4n) is 7.82. The van der Waals surface area contributed by atoms with Crippen molar-refractivity contribution in [1.29, 1.82) is 0 Å². The van der Waals surface area contributed by atoms with Crippen molar-refractivity contribution in [3.05, 3.63) is 23.3 Å². The highest BCUT2D eigenvalue weighted by atomic mass is 16.5. The lowest BCUT2D eigenvalue weighted by molar-refractivity contribution is -0.150. The SMILES string of the molecule is O=C1CC[C@@]2(O)[C@@H]3C(CC4CC4)C34Cc3ccc(O)c5c3C2(C4)[C@H]1O5. The van der Waals surface area contributed by atoms with Crippen LogP contribution in [0.4, 0.5) is 0 Å². The molecule has 4 fully saturated rings. The molecule has 4 nitrogen and oxygen atoms in total. The molecule has 1 aromatic carbocycles. The van der Waals surface area contributed by atoms with Crippen LogP contribution in [0, 0.1) is 23.2 Å². The van der Waals surface area contributed by atoms with Crippen LogP contribution in [0.2, 0.25) is 0 Å². The summed E-state index contributed by atoms with van der Waals surface area (Å²) >= 11 is 0. The van der Waals surface area contributed by atoms with E-state index in [4.69, 9.17) is 4.74 Å². The number of hydrogen-bond donors (Lipinski definition) is 2. The largest absolute Gasteiger partial charge is 0.504 e. The molecule has 2 spiro atoms. The van der Waals surface area contributed by atoms with Crippen LogP contribution in [0.1, 0.15) is 49.7 Å². The minimum Gasteiger partial charge on any atom is -0.504 e. The summed E-state index contributed by atoms with van der Waals surface area (Å²) in [7, 11) is 0. The fraction of sp³-hybridized carbons (Fsp3) is 0.667. The molecule has 25 heavy (non-hydrogen) atoms. The quantitative estimate of drug-likeness (QED) is 0.869. The van der Waals surface area contributed by atoms with Crippen LogP contribution >= 0.6 is 0 Å². The predicted octanol–water partition coefficient (Wildman–Crippen LogP) is 2.48. The molecule has 1 aromatic rings. The molecule has 0 aromatic heterocycles. The first-order chi connectivity index (χ1) is 12.0. The summed E-state index contributed by atoms with van der Waals surface area (Å²) in [6.45, 7) is 0. The summed E-state index contributed by atoms with van der Waals surface area (Å²) in [4.78, 5) is 12.7. The van der Waals surface area contributed by atoms with Gasteiger partial charge in [-0.05, 0) is 60.5 Å². The second-order valence-electron chi connectivity index (χ2n) is 9.66. The van der Waals surface area contributed by atoms with Gasteiger partial charge >= 0.3 is 0 Å². The number of fused-ring (bicyclic) bond motifs is 1. The Morgan fingerprint density at radius 2 is 2.12 bits per heavy atom. The zero-order valence-corrected chi connectivity index (χ0v) is 14.1. The van der Waals surface area contributed by atoms with Crippen molar-refractivity contribution in [3.63, 3.8) is 0 Å². The molecule has 0 amide bonds. The van der Waals surface area contributed by atoms with Gasteiger partial charge in [0.05, 0.1) is 11.0 Å². The summed E-state index contributed by atoms with van der Waals surface area (Å²) in [5.74, 6) is 2.47. The third kappa shape index (κ3) is 1.20. The van der Waals surface area contributed by atoms with Gasteiger partial charge in [-0.25, -0.2) is 0 Å². The van der Waals surface area contributed by atoms with E-state index in [2.05, 4.69) is 0 Å². The van der Waals surface area contributed by atoms with Crippen molar-refractivity contribution in [3.8, 4) is 11.5 Å². The van der Waals surface area contributed by atoms with E-state index in [1.807, 2.05) is 6.07 Å². The van der Waals surface area contributed by atoms with Crippen LogP contribution in [0.3, 0.4) is 0 Å². The Balaban J connectivity index is 1.49. The average molecular weight is 338 g/mol. The van der Waals surface area contributed by atoms with Crippen LogP contribution in [0.25, 0.3) is 0 Å². The number of Topliss-reactive ketones (excluding diaryl/α,β-unsaturated/α-hetero) is 1. The first-order valence-corrected chi connectivity index (χ1v) is 9.78. The molecule has 7 rings (SSSR count). The summed E-state index contributed by atoms with van der Waals surface area (Å²) in [5, 5.41) is 22.4. The number of aliphatic hydroxyl groups is 1. The number of benzene rings is 1. The Bertz CT molecular complexity index is 873. The van der Waals surface area contributed by atoms with Crippen molar-refractivity contribution < 1.29 is 19.7 Å². The minimum atomic E-state index is -0.838. The van der Waals surface area contributed by atoms with E-state index in [1.54, 1.807) is 6.07 Å². The number of rotatable bonds is 2. The lowest BCUT2D eigenvalue weighted by atomic mass is 9.54. The minimum absolute atomic E-state index is 0.100. The molecule has 1 aliphatic heterocycles. The fourth-order valence-corrected chi connectivity index (χ4v) is 7.82. The maximum absolute atomic E-state index is 12.7. The zero-order chi connectivity index (χ0) is 16.8. The van der Waals surface area contributed by atoms with E-state index in [1.165, 1.54) is 24.8 Å². The normalized spacial score (nSPS) is 50.3. The highest BCUT2D eigenvalue weighted by molar-refractivity contribution is 5.90. The third-order valence-electron chi connectivity index (χ3n) is 8.75. The Morgan fingerprint density at radius 1 is 1.28 bits per heavy atom. The van der Waals surface area contributed by atoms with Crippen LogP contribution in [0.5, 0.6) is 11.5 Å². The van der Waals surface area contributed by atoms with E-state index in [-0.39, 0.29) is 16.9 Å². The predicted molar refractivity (Wildman–Crippen MR) is 88.5 cm³/mol. The van der Waals surface area contributed by atoms with Gasteiger partial charge in [0, 0.05) is 12.0 Å². The van der Waals surface area contributed by atoms with Gasteiger partial charge in [-0.15, -0.1) is 0 Å². The molecule has 0 saturated heterocycles. The zero-order valence-electron chi connectivity index (χ0n) is 14.1. The summed E-state index contributed by atoms with van der Waals surface area (Å²) in [6, 6.07) is 3.72. The maximum Gasteiger partial charge on any atom is 0.174 e. The highest BCUT2D eigenvalue weighted by Crippen LogP contribution is 2.85. The van der Waals surface area contributed by atoms with Crippen LogP contribution in [0.15, 0.2) is 12.1 Å². The highest BCUT2D eigenvalue weighted by Gasteiger charge is 2.88. The van der Waals surface area contributed by atoms with Crippen molar-refractivity contribution in [2.24, 2.45) is 23.2 Å². The first-order valence-electron chi connectivity index (χ1n) is 9.78. The smallest absolute Gasteiger partial charge is 0.174 e. The van der Waals surface area contributed by atoms with Gasteiger partial charge in [0.1, 0.15) is 0 Å². The lowest BCUT2D eigenvalue weighted by Gasteiger charge is -2.50. The molecule has 4 heteroatoms. The molecule has 2 N–H and O–H groups in total. The van der Waals surface area contributed by atoms with Gasteiger partial charge in [0.15, 0.2) is 23.4 Å². The van der Waals surface area contributed by atoms with E-state index in [9.17, 15) is 15.0 Å². The van der Waals surface area contributed by atoms with Gasteiger partial charge in [0.2, 0.25) is 0 Å². The molecule has 3 unspecified atom stereocenters. The number of phenols is 1. The molecular formula is C21H22O4. The molecule has 6 atom stereocenters. The van der Waals surface area contributed by atoms with Crippen LogP contribution in [-0.4, -0.2) is 27.7 Å². The van der Waals surface area contributed by atoms with Gasteiger partial charge in [-0.2, -0.15) is 0 Å². The second-order valence-corrected chi connectivity index (χ2v) is 9.66. The number of hydrogen-bond acceptors (Lipinski definition) is 4. The molecule has 0 radical (unpaired) electrons. The van der Waals surface area contributed by atoms with Gasteiger partial charge in [0.25, 0.3) is 0 Å². The molecule has 4 saturated carbocycles. The van der Waals surface area contributed by atoms with Crippen LogP contribution < -0.4 is 4.74 Å². The van der Waals surface area contributed by atoms with E-state index in [0.717, 1.165) is 24.3 Å². The third-order valence-corrected chi connectivity index (χ3v) is 8.75. The molecular weight excluding hydrogens is 316 g/mol. The monoisotopic (exact) mass is 338 g/mol. The van der Waals surface area contributed by atoms with Gasteiger partial charge < -0.3 is 14.9 Å². The Kier molecular flexibility index (Phi) is 1.97. The molecule has 5 aliphatic carbocycles. The summed E-state index contributed by atoms with van der Waals surface area (Å²) in [5.41, 5.74) is 0.894.